The van der Waals surface area contributed by atoms with Gasteiger partial charge in [0, 0.05) is 12.1 Å². The van der Waals surface area contributed by atoms with Crippen molar-refractivity contribution in [2.24, 2.45) is 0 Å². The molecule has 0 atom stereocenters. The van der Waals surface area contributed by atoms with E-state index in [1.54, 1.807) is 0 Å². The van der Waals surface area contributed by atoms with E-state index >= 15 is 0 Å². The molecule has 0 aliphatic heterocycles. The number of ketones is 2. The first-order valence-corrected chi connectivity index (χ1v) is 7.89. The van der Waals surface area contributed by atoms with E-state index in [9.17, 15) is 24.9 Å². The zero-order valence-corrected chi connectivity index (χ0v) is 14.4. The molecule has 2 aromatic rings. The van der Waals surface area contributed by atoms with Crippen LogP contribution in [0.25, 0.3) is 0 Å². The average Bonchev–Trinajstić information content (AvgIpc) is 2.57. The molecule has 3 N–H and O–H groups in total. The molecule has 0 aliphatic rings. The van der Waals surface area contributed by atoms with E-state index < -0.39 is 6.10 Å². The first kappa shape index (κ1) is 19.3. The zero-order valence-electron chi connectivity index (χ0n) is 14.4. The van der Waals surface area contributed by atoms with Crippen molar-refractivity contribution >= 4 is 11.6 Å². The predicted molar refractivity (Wildman–Crippen MR) is 93.2 cm³/mol. The number of benzene rings is 2. The van der Waals surface area contributed by atoms with Gasteiger partial charge in [0.05, 0.1) is 11.1 Å². The van der Waals surface area contributed by atoms with E-state index in [4.69, 9.17) is 9.47 Å². The average molecular weight is 360 g/mol. The summed E-state index contributed by atoms with van der Waals surface area (Å²) < 4.78 is 10.7. The van der Waals surface area contributed by atoms with Crippen LogP contribution in [0.4, 0.5) is 0 Å². The van der Waals surface area contributed by atoms with Crippen LogP contribution in [0.3, 0.4) is 0 Å². The first-order chi connectivity index (χ1) is 12.3. The molecule has 0 unspecified atom stereocenters. The topological polar surface area (TPSA) is 113 Å². The Balaban J connectivity index is 1.86. The van der Waals surface area contributed by atoms with E-state index in [2.05, 4.69) is 0 Å². The molecular formula is C19H20O7. The van der Waals surface area contributed by atoms with Crippen LogP contribution in [0.5, 0.6) is 23.0 Å². The lowest BCUT2D eigenvalue weighted by atomic mass is 10.1. The largest absolute Gasteiger partial charge is 0.507 e. The first-order valence-electron chi connectivity index (χ1n) is 7.89. The number of ether oxygens (including phenoxy) is 2. The maximum absolute atomic E-state index is 11.3. The van der Waals surface area contributed by atoms with E-state index in [0.29, 0.717) is 11.5 Å². The van der Waals surface area contributed by atoms with E-state index in [1.165, 1.54) is 50.2 Å². The van der Waals surface area contributed by atoms with Gasteiger partial charge in [0.1, 0.15) is 42.3 Å². The molecule has 0 fully saturated rings. The Kier molecular flexibility index (Phi) is 6.19. The number of hydrogen-bond donors (Lipinski definition) is 3. The Hall–Kier alpha value is -3.06. The van der Waals surface area contributed by atoms with Gasteiger partial charge in [0.15, 0.2) is 11.6 Å². The molecule has 2 rings (SSSR count). The smallest absolute Gasteiger partial charge is 0.163 e. The molecule has 0 spiro atoms. The maximum Gasteiger partial charge on any atom is 0.163 e. The van der Waals surface area contributed by atoms with Crippen LogP contribution in [0, 0.1) is 0 Å². The fourth-order valence-corrected chi connectivity index (χ4v) is 2.23. The SMILES string of the molecule is CC(=O)c1ccc(OCC(O)COc2ccc(C(C)=O)c(O)c2)cc1O. The Bertz CT molecular complexity index is 746. The molecule has 7 nitrogen and oxygen atoms in total. The lowest BCUT2D eigenvalue weighted by Gasteiger charge is -2.14. The van der Waals surface area contributed by atoms with Gasteiger partial charge in [-0.25, -0.2) is 0 Å². The highest BCUT2D eigenvalue weighted by molar-refractivity contribution is 5.97. The van der Waals surface area contributed by atoms with Gasteiger partial charge in [-0.3, -0.25) is 9.59 Å². The number of carbonyl (C=O) groups is 2. The van der Waals surface area contributed by atoms with Gasteiger partial charge >= 0.3 is 0 Å². The summed E-state index contributed by atoms with van der Waals surface area (Å²) in [4.78, 5) is 22.5. The van der Waals surface area contributed by atoms with Crippen molar-refractivity contribution in [2.45, 2.75) is 20.0 Å². The highest BCUT2D eigenvalue weighted by Crippen LogP contribution is 2.25. The molecule has 7 heteroatoms. The second-order valence-corrected chi connectivity index (χ2v) is 5.75. The summed E-state index contributed by atoms with van der Waals surface area (Å²) in [6.07, 6.45) is -0.973. The molecule has 0 amide bonds. The van der Waals surface area contributed by atoms with Crippen molar-refractivity contribution in [1.82, 2.24) is 0 Å². The monoisotopic (exact) mass is 360 g/mol. The molecule has 0 heterocycles. The van der Waals surface area contributed by atoms with Crippen LogP contribution in [-0.4, -0.2) is 46.2 Å². The molecule has 0 saturated heterocycles. The molecule has 138 valence electrons. The Morgan fingerprint density at radius 1 is 0.846 bits per heavy atom. The van der Waals surface area contributed by atoms with Crippen LogP contribution in [0.1, 0.15) is 34.6 Å². The number of aliphatic hydroxyl groups is 1. The van der Waals surface area contributed by atoms with Gasteiger partial charge in [-0.05, 0) is 38.1 Å². The molecule has 0 saturated carbocycles. The van der Waals surface area contributed by atoms with Gasteiger partial charge < -0.3 is 24.8 Å². The molecule has 0 radical (unpaired) electrons. The van der Waals surface area contributed by atoms with Gasteiger partial charge in [0.25, 0.3) is 0 Å². The normalized spacial score (nSPS) is 10.6. The maximum atomic E-state index is 11.3. The van der Waals surface area contributed by atoms with E-state index in [0.717, 1.165) is 0 Å². The minimum Gasteiger partial charge on any atom is -0.507 e. The Morgan fingerprint density at radius 2 is 1.23 bits per heavy atom. The number of phenolic OH excluding ortho intramolecular Hbond substituents is 2. The minimum absolute atomic E-state index is 0.101. The zero-order chi connectivity index (χ0) is 19.3. The summed E-state index contributed by atoms with van der Waals surface area (Å²) in [5.41, 5.74) is 0.380. The summed E-state index contributed by atoms with van der Waals surface area (Å²) in [7, 11) is 0. The molecule has 0 bridgehead atoms. The lowest BCUT2D eigenvalue weighted by molar-refractivity contribution is 0.0624. The molecule has 2 aromatic carbocycles. The summed E-state index contributed by atoms with van der Waals surface area (Å²) in [5, 5.41) is 29.4. The third kappa shape index (κ3) is 4.97. The quantitative estimate of drug-likeness (QED) is 0.619. The van der Waals surface area contributed by atoms with Crippen molar-refractivity contribution in [3.05, 3.63) is 47.5 Å². The number of phenols is 2. The standard InChI is InChI=1S/C19H20O7/c1-11(20)16-5-3-14(7-18(16)23)25-9-13(22)10-26-15-4-6-17(12(2)21)19(24)8-15/h3-8,13,22-24H,9-10H2,1-2H3. The Morgan fingerprint density at radius 3 is 1.54 bits per heavy atom. The number of rotatable bonds is 8. The van der Waals surface area contributed by atoms with Gasteiger partial charge in [-0.1, -0.05) is 0 Å². The number of aromatic hydroxyl groups is 2. The van der Waals surface area contributed by atoms with Gasteiger partial charge in [-0.15, -0.1) is 0 Å². The molecule has 0 aromatic heterocycles. The van der Waals surface area contributed by atoms with Crippen LogP contribution in [0.2, 0.25) is 0 Å². The number of Topliss-reactive ketones (excluding diaryl/α,β-unsaturated/α-hetero) is 2. The third-order valence-electron chi connectivity index (χ3n) is 3.58. The summed E-state index contributed by atoms with van der Waals surface area (Å²) in [6.45, 7) is 2.49. The van der Waals surface area contributed by atoms with Crippen LogP contribution >= 0.6 is 0 Å². The second kappa shape index (κ2) is 8.35. The Labute approximate surface area is 150 Å². The lowest BCUT2D eigenvalue weighted by Crippen LogP contribution is -2.25. The minimum atomic E-state index is -0.973. The van der Waals surface area contributed by atoms with Gasteiger partial charge in [-0.2, -0.15) is 0 Å². The summed E-state index contributed by atoms with van der Waals surface area (Å²) in [5.74, 6) is -0.309. The van der Waals surface area contributed by atoms with Crippen molar-refractivity contribution in [1.29, 1.82) is 0 Å². The number of hydrogen-bond acceptors (Lipinski definition) is 7. The van der Waals surface area contributed by atoms with Crippen LogP contribution in [0.15, 0.2) is 36.4 Å². The fraction of sp³-hybridized carbons (Fsp3) is 0.263. The highest BCUT2D eigenvalue weighted by atomic mass is 16.5. The molecule has 0 aliphatic carbocycles. The predicted octanol–water partition coefficient (Wildman–Crippen LogP) is 2.32. The van der Waals surface area contributed by atoms with Crippen molar-refractivity contribution < 1.29 is 34.4 Å². The van der Waals surface area contributed by atoms with Crippen molar-refractivity contribution in [3.8, 4) is 23.0 Å². The van der Waals surface area contributed by atoms with Crippen LogP contribution < -0.4 is 9.47 Å². The highest BCUT2D eigenvalue weighted by Gasteiger charge is 2.12. The fourth-order valence-electron chi connectivity index (χ4n) is 2.23. The third-order valence-corrected chi connectivity index (χ3v) is 3.58. The van der Waals surface area contributed by atoms with E-state index in [-0.39, 0.29) is 47.4 Å². The molecule has 26 heavy (non-hydrogen) atoms. The number of carbonyl (C=O) groups excluding carboxylic acids is 2. The van der Waals surface area contributed by atoms with Crippen molar-refractivity contribution in [3.63, 3.8) is 0 Å². The molecular weight excluding hydrogens is 340 g/mol. The summed E-state index contributed by atoms with van der Waals surface area (Å²) >= 11 is 0. The van der Waals surface area contributed by atoms with Gasteiger partial charge in [0.2, 0.25) is 0 Å². The van der Waals surface area contributed by atoms with E-state index in [1.807, 2.05) is 0 Å². The summed E-state index contributed by atoms with van der Waals surface area (Å²) in [6, 6.07) is 8.50. The van der Waals surface area contributed by atoms with Crippen LogP contribution in [-0.2, 0) is 0 Å². The number of aliphatic hydroxyl groups excluding tert-OH is 1. The van der Waals surface area contributed by atoms with Crippen molar-refractivity contribution in [2.75, 3.05) is 13.2 Å². The second-order valence-electron chi connectivity index (χ2n) is 5.75.